The molecule has 0 saturated carbocycles. The van der Waals surface area contributed by atoms with Gasteiger partial charge in [-0.05, 0) is 61.1 Å². The first-order chi connectivity index (χ1) is 25.0. The van der Waals surface area contributed by atoms with E-state index in [9.17, 15) is 24.0 Å². The molecule has 13 heteroatoms. The lowest BCUT2D eigenvalue weighted by molar-refractivity contribution is -0.139. The summed E-state index contributed by atoms with van der Waals surface area (Å²) in [6.07, 6.45) is 0.755. The summed E-state index contributed by atoms with van der Waals surface area (Å²) >= 11 is 0. The molecule has 0 fully saturated rings. The topological polar surface area (TPSA) is 164 Å². The van der Waals surface area contributed by atoms with Crippen molar-refractivity contribution in [1.29, 1.82) is 0 Å². The van der Waals surface area contributed by atoms with Crippen molar-refractivity contribution in [3.05, 3.63) is 89.5 Å². The monoisotopic (exact) mass is 715 g/mol. The molecule has 4 rings (SSSR count). The van der Waals surface area contributed by atoms with Crippen LogP contribution in [0.1, 0.15) is 55.1 Å². The second-order valence-electron chi connectivity index (χ2n) is 13.1. The van der Waals surface area contributed by atoms with E-state index in [4.69, 9.17) is 14.2 Å². The number of para-hydroxylation sites is 1. The third kappa shape index (κ3) is 11.2. The number of rotatable bonds is 10. The van der Waals surface area contributed by atoms with Crippen LogP contribution in [0.5, 0.6) is 17.2 Å². The molecule has 52 heavy (non-hydrogen) atoms. The molecule has 3 aromatic rings. The summed E-state index contributed by atoms with van der Waals surface area (Å²) in [6.45, 7) is 5.35. The number of nitrogens with zero attached hydrogens (tertiary/aromatic N) is 1. The second kappa shape index (κ2) is 19.1. The third-order valence-electron chi connectivity index (χ3n) is 8.57. The van der Waals surface area contributed by atoms with Crippen LogP contribution in [0.25, 0.3) is 0 Å². The Balaban J connectivity index is 1.60. The molecule has 0 unspecified atom stereocenters. The summed E-state index contributed by atoms with van der Waals surface area (Å²) in [6, 6.07) is 18.6. The first kappa shape index (κ1) is 39.2. The Morgan fingerprint density at radius 1 is 0.904 bits per heavy atom. The first-order valence-electron chi connectivity index (χ1n) is 17.4. The van der Waals surface area contributed by atoms with Crippen LogP contribution in [0.3, 0.4) is 0 Å². The highest BCUT2D eigenvalue weighted by Crippen LogP contribution is 2.28. The van der Waals surface area contributed by atoms with Crippen molar-refractivity contribution in [2.75, 3.05) is 33.9 Å². The van der Waals surface area contributed by atoms with Crippen LogP contribution in [0.15, 0.2) is 72.8 Å². The van der Waals surface area contributed by atoms with Crippen LogP contribution in [-0.2, 0) is 32.1 Å². The minimum Gasteiger partial charge on any atom is -0.493 e. The van der Waals surface area contributed by atoms with Crippen LogP contribution >= 0.6 is 0 Å². The van der Waals surface area contributed by atoms with Crippen LogP contribution in [0.2, 0.25) is 0 Å². The summed E-state index contributed by atoms with van der Waals surface area (Å²) in [7, 11) is 3.13. The van der Waals surface area contributed by atoms with E-state index in [0.29, 0.717) is 24.3 Å². The van der Waals surface area contributed by atoms with Gasteiger partial charge in [-0.25, -0.2) is 0 Å². The van der Waals surface area contributed by atoms with E-state index in [1.165, 1.54) is 4.90 Å². The molecular weight excluding hydrogens is 666 g/mol. The Bertz CT molecular complexity index is 1700. The van der Waals surface area contributed by atoms with E-state index < -0.39 is 54.1 Å². The summed E-state index contributed by atoms with van der Waals surface area (Å²) in [5, 5.41) is 11.3. The fourth-order valence-electron chi connectivity index (χ4n) is 5.75. The fourth-order valence-corrected chi connectivity index (χ4v) is 5.75. The number of amides is 5. The number of ether oxygens (including phenoxy) is 3. The lowest BCUT2D eigenvalue weighted by atomic mass is 10.0. The molecule has 4 N–H and O–H groups in total. The molecule has 5 amide bonds. The average molecular weight is 716 g/mol. The molecule has 0 spiro atoms. The van der Waals surface area contributed by atoms with Crippen LogP contribution in [0.4, 0.5) is 0 Å². The number of nitrogens with one attached hydrogen (secondary N) is 4. The Kier molecular flexibility index (Phi) is 14.4. The summed E-state index contributed by atoms with van der Waals surface area (Å²) in [4.78, 5) is 69.5. The predicted molar refractivity (Wildman–Crippen MR) is 195 cm³/mol. The highest BCUT2D eigenvalue weighted by atomic mass is 16.5. The number of benzene rings is 3. The maximum atomic E-state index is 14.0. The Morgan fingerprint density at radius 2 is 1.62 bits per heavy atom. The molecule has 1 aliphatic rings. The van der Waals surface area contributed by atoms with E-state index in [1.54, 1.807) is 45.4 Å². The Labute approximate surface area is 304 Å². The first-order valence-corrected chi connectivity index (χ1v) is 17.4. The minimum atomic E-state index is -1.28. The molecule has 0 aliphatic carbocycles. The van der Waals surface area contributed by atoms with E-state index >= 15 is 0 Å². The van der Waals surface area contributed by atoms with Gasteiger partial charge in [0.2, 0.25) is 23.6 Å². The highest BCUT2D eigenvalue weighted by molar-refractivity contribution is 6.01. The molecule has 0 bridgehead atoms. The van der Waals surface area contributed by atoms with Crippen LogP contribution < -0.4 is 35.5 Å². The average Bonchev–Trinajstić information content (AvgIpc) is 3.13. The van der Waals surface area contributed by atoms with Crippen molar-refractivity contribution in [3.63, 3.8) is 0 Å². The zero-order valence-electron chi connectivity index (χ0n) is 30.4. The SMILES string of the molecule is COc1ccc(CCCNC(=O)[C@@H]2CC(=O)N(Cc3ccccc3)CC(=O)N[C@H](C(C)C)C(=O)N[C@@H](C)COc3ccccc3C(=O)N2)cc1OC. The van der Waals surface area contributed by atoms with E-state index in [0.717, 1.165) is 11.1 Å². The molecule has 1 aliphatic heterocycles. The van der Waals surface area contributed by atoms with Crippen molar-refractivity contribution in [2.24, 2.45) is 5.92 Å². The summed E-state index contributed by atoms with van der Waals surface area (Å²) in [5.41, 5.74) is 1.89. The maximum Gasteiger partial charge on any atom is 0.255 e. The number of carbonyl (C=O) groups excluding carboxylic acids is 5. The van der Waals surface area contributed by atoms with E-state index in [2.05, 4.69) is 21.3 Å². The summed E-state index contributed by atoms with van der Waals surface area (Å²) < 4.78 is 16.7. The van der Waals surface area contributed by atoms with Gasteiger partial charge in [-0.1, -0.05) is 62.4 Å². The van der Waals surface area contributed by atoms with Gasteiger partial charge < -0.3 is 40.4 Å². The van der Waals surface area contributed by atoms with Crippen LogP contribution in [0, 0.1) is 5.92 Å². The van der Waals surface area contributed by atoms with Gasteiger partial charge in [-0.2, -0.15) is 0 Å². The molecule has 1 heterocycles. The smallest absolute Gasteiger partial charge is 0.255 e. The molecule has 0 aromatic heterocycles. The molecule has 278 valence electrons. The molecule has 13 nitrogen and oxygen atoms in total. The second-order valence-corrected chi connectivity index (χ2v) is 13.1. The van der Waals surface area contributed by atoms with Gasteiger partial charge in [-0.3, -0.25) is 24.0 Å². The third-order valence-corrected chi connectivity index (χ3v) is 8.57. The van der Waals surface area contributed by atoms with Crippen molar-refractivity contribution >= 4 is 29.5 Å². The normalized spacial score (nSPS) is 19.0. The number of carbonyl (C=O) groups is 5. The van der Waals surface area contributed by atoms with Gasteiger partial charge >= 0.3 is 0 Å². The van der Waals surface area contributed by atoms with Gasteiger partial charge in [0, 0.05) is 13.1 Å². The molecule has 0 saturated heterocycles. The predicted octanol–water partition coefficient (Wildman–Crippen LogP) is 3.01. The zero-order valence-corrected chi connectivity index (χ0v) is 30.4. The number of methoxy groups -OCH3 is 2. The van der Waals surface area contributed by atoms with Crippen molar-refractivity contribution in [1.82, 2.24) is 26.2 Å². The highest BCUT2D eigenvalue weighted by Gasteiger charge is 2.31. The number of fused-ring (bicyclic) bond motifs is 1. The van der Waals surface area contributed by atoms with Gasteiger partial charge in [0.25, 0.3) is 5.91 Å². The van der Waals surface area contributed by atoms with Crippen molar-refractivity contribution in [2.45, 2.75) is 64.7 Å². The van der Waals surface area contributed by atoms with E-state index in [-0.39, 0.29) is 43.5 Å². The van der Waals surface area contributed by atoms with E-state index in [1.807, 2.05) is 62.4 Å². The molecular formula is C39H49N5O8. The molecule has 0 radical (unpaired) electrons. The Hall–Kier alpha value is -5.59. The lowest BCUT2D eigenvalue weighted by Gasteiger charge is -2.27. The largest absolute Gasteiger partial charge is 0.493 e. The number of aryl methyl sites for hydroxylation is 1. The quantitative estimate of drug-likeness (QED) is 0.233. The lowest BCUT2D eigenvalue weighted by Crippen LogP contribution is -2.54. The van der Waals surface area contributed by atoms with Gasteiger partial charge in [0.05, 0.1) is 38.8 Å². The number of hydrogen-bond acceptors (Lipinski definition) is 8. The minimum absolute atomic E-state index is 0.0299. The Morgan fingerprint density at radius 3 is 2.33 bits per heavy atom. The zero-order chi connectivity index (χ0) is 37.6. The van der Waals surface area contributed by atoms with Gasteiger partial charge in [0.1, 0.15) is 24.4 Å². The standard InChI is InChI=1S/C39H49N5O8/c1-25(2)36-39(49)41-26(3)24-52-31-16-10-9-15-29(31)37(47)42-30(21-35(46)44(23-34(45)43-36)22-28-12-7-6-8-13-28)38(48)40-19-11-14-27-17-18-32(50-4)33(20-27)51-5/h6-10,12-13,15-18,20,25-26,30,36H,11,14,19,21-24H2,1-5H3,(H,40,48)(H,41,49)(H,42,47)(H,43,45)/t26-,30-,36+/m0/s1. The fraction of sp³-hybridized carbons (Fsp3) is 0.410. The van der Waals surface area contributed by atoms with Crippen molar-refractivity contribution in [3.8, 4) is 17.2 Å². The van der Waals surface area contributed by atoms with Gasteiger partial charge in [0.15, 0.2) is 11.5 Å². The van der Waals surface area contributed by atoms with Crippen LogP contribution in [-0.4, -0.2) is 86.5 Å². The molecule has 3 aromatic carbocycles. The van der Waals surface area contributed by atoms with Gasteiger partial charge in [-0.15, -0.1) is 0 Å². The van der Waals surface area contributed by atoms with Crippen molar-refractivity contribution < 1.29 is 38.2 Å². The maximum absolute atomic E-state index is 14.0. The summed E-state index contributed by atoms with van der Waals surface area (Å²) in [5.74, 6) is -1.48. The number of hydrogen-bond donors (Lipinski definition) is 4. The molecule has 3 atom stereocenters.